The monoisotopic (exact) mass is 598 g/mol. The molecule has 4 heterocycles. The van der Waals surface area contributed by atoms with Gasteiger partial charge in [-0.3, -0.25) is 14.1 Å². The van der Waals surface area contributed by atoms with E-state index in [9.17, 15) is 14.7 Å². The normalized spacial score (nSPS) is 20.8. The van der Waals surface area contributed by atoms with E-state index in [2.05, 4.69) is 27.3 Å². The maximum atomic E-state index is 13.5. The van der Waals surface area contributed by atoms with Crippen LogP contribution in [0.2, 0.25) is 0 Å². The Morgan fingerprint density at radius 1 is 1.15 bits per heavy atom. The molecular formula is C28H36N7O4S2+. The van der Waals surface area contributed by atoms with E-state index < -0.39 is 0 Å². The van der Waals surface area contributed by atoms with Crippen LogP contribution in [-0.4, -0.2) is 101 Å². The highest BCUT2D eigenvalue weighted by atomic mass is 32.2. The summed E-state index contributed by atoms with van der Waals surface area (Å²) < 4.78 is 7.11. The zero-order chi connectivity index (χ0) is 29.3. The van der Waals surface area contributed by atoms with Gasteiger partial charge in [-0.1, -0.05) is 23.1 Å². The van der Waals surface area contributed by atoms with Crippen molar-refractivity contribution in [3.8, 4) is 5.75 Å². The van der Waals surface area contributed by atoms with Gasteiger partial charge in [-0.2, -0.15) is 4.98 Å². The number of carbonyl (C=O) groups excluding carboxylic acids is 2. The maximum Gasteiger partial charge on any atom is 0.257 e. The Kier molecular flexibility index (Phi) is 8.50. The summed E-state index contributed by atoms with van der Waals surface area (Å²) in [5, 5.41) is 14.1. The number of quaternary nitrogens is 1. The van der Waals surface area contributed by atoms with Gasteiger partial charge < -0.3 is 25.0 Å². The van der Waals surface area contributed by atoms with Gasteiger partial charge in [-0.15, -0.1) is 0 Å². The Labute approximate surface area is 248 Å². The number of methoxy groups -OCH3 is 1. The van der Waals surface area contributed by atoms with Gasteiger partial charge in [0.05, 0.1) is 42.7 Å². The molecule has 2 fully saturated rings. The van der Waals surface area contributed by atoms with Gasteiger partial charge in [0, 0.05) is 44.4 Å². The maximum absolute atomic E-state index is 13.5. The molecule has 2 N–H and O–H groups in total. The number of rotatable bonds is 7. The molecule has 1 aromatic carbocycles. The molecule has 2 atom stereocenters. The lowest BCUT2D eigenvalue weighted by atomic mass is 10.1. The number of hydrogen-bond donors (Lipinski definition) is 2. The van der Waals surface area contributed by atoms with Crippen molar-refractivity contribution in [3.05, 3.63) is 41.3 Å². The number of aliphatic hydroxyl groups is 1. The molecule has 0 aliphatic carbocycles. The van der Waals surface area contributed by atoms with Crippen molar-refractivity contribution in [1.82, 2.24) is 29.2 Å². The molecule has 0 spiro atoms. The number of likely N-dealkylation sites (N-methyl/N-ethyl adjacent to an activating group) is 1. The second-order valence-electron chi connectivity index (χ2n) is 10.7. The zero-order valence-corrected chi connectivity index (χ0v) is 25.6. The number of aliphatic hydroxyl groups excluding tert-OH is 1. The number of hydrogen-bond acceptors (Lipinski definition) is 10. The molecule has 11 nitrogen and oxygen atoms in total. The lowest BCUT2D eigenvalue weighted by molar-refractivity contribution is -0.130. The van der Waals surface area contributed by atoms with Gasteiger partial charge in [0.15, 0.2) is 5.13 Å². The molecule has 5 rings (SSSR count). The van der Waals surface area contributed by atoms with Crippen LogP contribution in [0.25, 0.3) is 0 Å². The molecule has 2 aliphatic heterocycles. The minimum Gasteiger partial charge on any atom is -0.496 e. The van der Waals surface area contributed by atoms with Crippen LogP contribution >= 0.6 is 23.1 Å². The highest BCUT2D eigenvalue weighted by Gasteiger charge is 2.37. The first kappa shape index (κ1) is 29.2. The molecule has 2 aromatic heterocycles. The molecule has 13 heteroatoms. The molecule has 0 radical (unpaired) electrons. The van der Waals surface area contributed by atoms with Crippen molar-refractivity contribution < 1.29 is 19.4 Å². The Morgan fingerprint density at radius 3 is 2.54 bits per heavy atom. The summed E-state index contributed by atoms with van der Waals surface area (Å²) in [6, 6.07) is 5.71. The van der Waals surface area contributed by atoms with E-state index >= 15 is 0 Å². The van der Waals surface area contributed by atoms with Crippen LogP contribution in [0.3, 0.4) is 0 Å². The zero-order valence-electron chi connectivity index (χ0n) is 24.0. The fourth-order valence-corrected chi connectivity index (χ4v) is 7.22. The minimum atomic E-state index is -0.320. The number of nitrogens with one attached hydrogen (secondary N) is 1. The topological polar surface area (TPSA) is 121 Å². The van der Waals surface area contributed by atoms with Crippen molar-refractivity contribution in [2.75, 3.05) is 58.7 Å². The second-order valence-corrected chi connectivity index (χ2v) is 13.1. The lowest BCUT2D eigenvalue weighted by Crippen LogP contribution is -2.50. The number of nitrogens with zero attached hydrogens (tertiary/aromatic N) is 6. The summed E-state index contributed by atoms with van der Waals surface area (Å²) >= 11 is 3.05. The predicted octanol–water partition coefficient (Wildman–Crippen LogP) is 3.46. The first-order valence-electron chi connectivity index (χ1n) is 13.6. The lowest BCUT2D eigenvalue weighted by Gasteiger charge is -2.34. The summed E-state index contributed by atoms with van der Waals surface area (Å²) in [5.74, 6) is 2.66. The molecule has 2 aliphatic rings. The van der Waals surface area contributed by atoms with E-state index in [1.165, 1.54) is 11.3 Å². The van der Waals surface area contributed by atoms with E-state index in [1.807, 2.05) is 38.2 Å². The predicted molar refractivity (Wildman–Crippen MR) is 160 cm³/mol. The summed E-state index contributed by atoms with van der Waals surface area (Å²) in [7, 11) is 3.66. The van der Waals surface area contributed by atoms with E-state index in [1.54, 1.807) is 35.6 Å². The van der Waals surface area contributed by atoms with Crippen molar-refractivity contribution >= 4 is 51.7 Å². The average Bonchev–Trinajstić information content (AvgIpc) is 3.54. The second kappa shape index (κ2) is 11.9. The number of aryl methyl sites for hydroxylation is 2. The molecule has 2 saturated heterocycles. The number of likely N-dealkylation sites (tertiary alicyclic amines) is 1. The third-order valence-electron chi connectivity index (χ3n) is 7.62. The standard InChI is InChI=1S/C28H36N7O4S2/c1-17-12-22(39-5)21(27(38)34-9-7-33(8-10-34)19(3)36)13-23(17)40-26-15-29-28(41-26)32-24-14-25(31-18(2)30-24)35(4)11-6-20(37)16-35/h12-15,20,37H,6-11,16H2,1-5H3,(H,29,30,31,32)/q+1. The number of anilines is 2. The fraction of sp³-hybridized carbons (Fsp3) is 0.464. The van der Waals surface area contributed by atoms with Crippen molar-refractivity contribution in [2.45, 2.75) is 42.4 Å². The number of amides is 2. The van der Waals surface area contributed by atoms with Crippen LogP contribution in [0.15, 0.2) is 33.5 Å². The SMILES string of the molecule is COc1cc(C)c(Sc2cnc(Nc3cc([N+]4(C)CCC(O)C4)nc(C)n3)s2)cc1C(=O)N1CCN(C(C)=O)CC1. The largest absolute Gasteiger partial charge is 0.496 e. The van der Waals surface area contributed by atoms with Crippen molar-refractivity contribution in [3.63, 3.8) is 0 Å². The summed E-state index contributed by atoms with van der Waals surface area (Å²) in [4.78, 5) is 43.4. The van der Waals surface area contributed by atoms with Gasteiger partial charge >= 0.3 is 0 Å². The first-order chi connectivity index (χ1) is 19.5. The molecule has 3 aromatic rings. The van der Waals surface area contributed by atoms with Crippen LogP contribution in [-0.2, 0) is 4.79 Å². The summed E-state index contributed by atoms with van der Waals surface area (Å²) in [6.07, 6.45) is 2.24. The number of thiazole rings is 1. The Hall–Kier alpha value is -3.26. The Morgan fingerprint density at radius 2 is 1.88 bits per heavy atom. The van der Waals surface area contributed by atoms with Gasteiger partial charge in [0.25, 0.3) is 5.91 Å². The third-order valence-corrected chi connectivity index (χ3v) is 9.79. The van der Waals surface area contributed by atoms with Gasteiger partial charge in [-0.25, -0.2) is 9.97 Å². The number of ether oxygens (including phenoxy) is 1. The quantitative estimate of drug-likeness (QED) is 0.394. The Balaban J connectivity index is 1.31. The summed E-state index contributed by atoms with van der Waals surface area (Å²) in [6.45, 7) is 8.92. The van der Waals surface area contributed by atoms with Crippen LogP contribution in [0.5, 0.6) is 5.75 Å². The number of carbonyl (C=O) groups is 2. The van der Waals surface area contributed by atoms with E-state index in [0.717, 1.165) is 33.5 Å². The van der Waals surface area contributed by atoms with E-state index in [-0.39, 0.29) is 17.9 Å². The molecule has 2 amide bonds. The van der Waals surface area contributed by atoms with Gasteiger partial charge in [0.2, 0.25) is 11.7 Å². The van der Waals surface area contributed by atoms with E-state index in [4.69, 9.17) is 4.74 Å². The fourth-order valence-electron chi connectivity index (χ4n) is 5.27. The molecule has 0 bridgehead atoms. The summed E-state index contributed by atoms with van der Waals surface area (Å²) in [5.41, 5.74) is 1.50. The average molecular weight is 599 g/mol. The minimum absolute atomic E-state index is 0.0273. The number of piperazine rings is 1. The van der Waals surface area contributed by atoms with E-state index in [0.29, 0.717) is 65.3 Å². The highest BCUT2D eigenvalue weighted by Crippen LogP contribution is 2.39. The van der Waals surface area contributed by atoms with Crippen LogP contribution in [0.1, 0.15) is 35.1 Å². The highest BCUT2D eigenvalue weighted by molar-refractivity contribution is 8.01. The molecule has 41 heavy (non-hydrogen) atoms. The van der Waals surface area contributed by atoms with Crippen LogP contribution in [0, 0.1) is 13.8 Å². The molecule has 0 saturated carbocycles. The number of aromatic nitrogens is 3. The van der Waals surface area contributed by atoms with Crippen LogP contribution < -0.4 is 14.5 Å². The molecular weight excluding hydrogens is 562 g/mol. The van der Waals surface area contributed by atoms with Gasteiger partial charge in [-0.05, 0) is 31.5 Å². The first-order valence-corrected chi connectivity index (χ1v) is 15.2. The van der Waals surface area contributed by atoms with Crippen molar-refractivity contribution in [1.29, 1.82) is 0 Å². The van der Waals surface area contributed by atoms with Crippen molar-refractivity contribution in [2.24, 2.45) is 0 Å². The van der Waals surface area contributed by atoms with Gasteiger partial charge in [0.1, 0.15) is 30.0 Å². The third kappa shape index (κ3) is 6.48. The van der Waals surface area contributed by atoms with Crippen LogP contribution in [0.4, 0.5) is 16.8 Å². The molecule has 2 unspecified atom stereocenters. The number of benzene rings is 1. The Bertz CT molecular complexity index is 1460. The molecule has 218 valence electrons. The smallest absolute Gasteiger partial charge is 0.257 e.